The Kier molecular flexibility index (Phi) is 3.60. The van der Waals surface area contributed by atoms with E-state index in [1.165, 1.54) is 5.56 Å². The van der Waals surface area contributed by atoms with Crippen LogP contribution < -0.4 is 4.90 Å². The average molecular weight is 302 g/mol. The van der Waals surface area contributed by atoms with Crippen molar-refractivity contribution in [2.75, 3.05) is 11.4 Å². The molecule has 0 spiro atoms. The van der Waals surface area contributed by atoms with E-state index in [2.05, 4.69) is 13.0 Å². The fourth-order valence-corrected chi connectivity index (χ4v) is 3.25. The minimum Gasteiger partial charge on any atom is -0.478 e. The highest BCUT2D eigenvalue weighted by Gasteiger charge is 2.27. The molecular weight excluding hydrogens is 286 g/mol. The van der Waals surface area contributed by atoms with Gasteiger partial charge < -0.3 is 10.0 Å². The van der Waals surface area contributed by atoms with Crippen LogP contribution in [0, 0.1) is 5.92 Å². The number of carboxylic acids is 1. The van der Waals surface area contributed by atoms with E-state index in [1.54, 1.807) is 18.2 Å². The molecule has 0 aromatic heterocycles. The summed E-state index contributed by atoms with van der Waals surface area (Å²) in [4.78, 5) is 13.6. The first kappa shape index (κ1) is 14.0. The summed E-state index contributed by atoms with van der Waals surface area (Å²) in [6, 6.07) is 13.1. The van der Waals surface area contributed by atoms with Crippen LogP contribution in [0.4, 0.5) is 11.4 Å². The Morgan fingerprint density at radius 3 is 2.76 bits per heavy atom. The summed E-state index contributed by atoms with van der Waals surface area (Å²) in [6.07, 6.45) is 1.000. The standard InChI is InChI=1S/C17H16ClNO2/c1-11-9-12-5-2-3-8-15(12)19(10-11)16-13(17(20)21)6-4-7-14(16)18/h2-8,11H,9-10H2,1H3,(H,20,21). The number of fused-ring (bicyclic) bond motifs is 1. The van der Waals surface area contributed by atoms with Crippen LogP contribution in [0.25, 0.3) is 0 Å². The van der Waals surface area contributed by atoms with Crippen LogP contribution >= 0.6 is 11.6 Å². The number of anilines is 2. The maximum absolute atomic E-state index is 11.5. The summed E-state index contributed by atoms with van der Waals surface area (Å²) in [5.41, 5.74) is 3.11. The van der Waals surface area contributed by atoms with Gasteiger partial charge in [-0.05, 0) is 36.1 Å². The van der Waals surface area contributed by atoms with Crippen molar-refractivity contribution < 1.29 is 9.90 Å². The van der Waals surface area contributed by atoms with Crippen molar-refractivity contribution in [3.8, 4) is 0 Å². The van der Waals surface area contributed by atoms with Gasteiger partial charge in [-0.3, -0.25) is 0 Å². The summed E-state index contributed by atoms with van der Waals surface area (Å²) in [5.74, 6) is -0.513. The van der Waals surface area contributed by atoms with E-state index in [4.69, 9.17) is 11.6 Å². The third kappa shape index (κ3) is 2.49. The zero-order valence-corrected chi connectivity index (χ0v) is 12.5. The maximum Gasteiger partial charge on any atom is 0.337 e. The van der Waals surface area contributed by atoms with Crippen molar-refractivity contribution in [2.45, 2.75) is 13.3 Å². The minimum absolute atomic E-state index is 0.242. The molecule has 2 aromatic rings. The van der Waals surface area contributed by atoms with Crippen molar-refractivity contribution in [2.24, 2.45) is 5.92 Å². The number of hydrogen-bond acceptors (Lipinski definition) is 2. The lowest BCUT2D eigenvalue weighted by molar-refractivity contribution is 0.0697. The van der Waals surface area contributed by atoms with Gasteiger partial charge >= 0.3 is 5.97 Å². The van der Waals surface area contributed by atoms with Crippen molar-refractivity contribution in [1.82, 2.24) is 0 Å². The van der Waals surface area contributed by atoms with Crippen molar-refractivity contribution in [3.05, 3.63) is 58.6 Å². The molecule has 1 aliphatic heterocycles. The predicted octanol–water partition coefficient (Wildman–Crippen LogP) is 4.37. The van der Waals surface area contributed by atoms with Gasteiger partial charge in [0.2, 0.25) is 0 Å². The summed E-state index contributed by atoms with van der Waals surface area (Å²) in [6.45, 7) is 2.93. The number of benzene rings is 2. The Hall–Kier alpha value is -2.00. The van der Waals surface area contributed by atoms with E-state index < -0.39 is 5.97 Å². The van der Waals surface area contributed by atoms with E-state index in [0.29, 0.717) is 16.6 Å². The molecule has 0 aliphatic carbocycles. The van der Waals surface area contributed by atoms with Crippen LogP contribution in [0.2, 0.25) is 5.02 Å². The summed E-state index contributed by atoms with van der Waals surface area (Å²) >= 11 is 6.32. The van der Waals surface area contributed by atoms with E-state index in [1.807, 2.05) is 23.1 Å². The van der Waals surface area contributed by atoms with Gasteiger partial charge in [0, 0.05) is 12.2 Å². The average Bonchev–Trinajstić information content (AvgIpc) is 2.46. The van der Waals surface area contributed by atoms with Crippen molar-refractivity contribution in [1.29, 1.82) is 0 Å². The molecule has 2 aromatic carbocycles. The highest BCUT2D eigenvalue weighted by Crippen LogP contribution is 2.40. The van der Waals surface area contributed by atoms with Gasteiger partial charge in [-0.2, -0.15) is 0 Å². The third-order valence-electron chi connectivity index (χ3n) is 3.83. The van der Waals surface area contributed by atoms with Gasteiger partial charge in [0.1, 0.15) is 0 Å². The van der Waals surface area contributed by atoms with Crippen LogP contribution in [0.3, 0.4) is 0 Å². The van der Waals surface area contributed by atoms with Gasteiger partial charge in [-0.15, -0.1) is 0 Å². The largest absolute Gasteiger partial charge is 0.478 e. The van der Waals surface area contributed by atoms with Crippen LogP contribution in [0.15, 0.2) is 42.5 Å². The molecule has 0 saturated carbocycles. The first-order valence-corrected chi connectivity index (χ1v) is 7.33. The molecule has 108 valence electrons. The van der Waals surface area contributed by atoms with Gasteiger partial charge in [-0.25, -0.2) is 4.79 Å². The first-order valence-electron chi connectivity index (χ1n) is 6.95. The summed E-state index contributed by atoms with van der Waals surface area (Å²) in [5, 5.41) is 9.92. The molecule has 3 rings (SSSR count). The summed E-state index contributed by atoms with van der Waals surface area (Å²) < 4.78 is 0. The van der Waals surface area contributed by atoms with Gasteiger partial charge in [0.05, 0.1) is 16.3 Å². The summed E-state index contributed by atoms with van der Waals surface area (Å²) in [7, 11) is 0. The molecule has 1 aliphatic rings. The molecule has 0 bridgehead atoms. The van der Waals surface area contributed by atoms with Crippen LogP contribution in [-0.2, 0) is 6.42 Å². The molecule has 3 nitrogen and oxygen atoms in total. The Labute approximate surface area is 128 Å². The molecule has 4 heteroatoms. The lowest BCUT2D eigenvalue weighted by Gasteiger charge is -2.36. The highest BCUT2D eigenvalue weighted by atomic mass is 35.5. The number of carboxylic acid groups (broad SMARTS) is 1. The molecule has 0 radical (unpaired) electrons. The second kappa shape index (κ2) is 5.41. The van der Waals surface area contributed by atoms with E-state index in [-0.39, 0.29) is 5.56 Å². The Bertz CT molecular complexity index is 699. The molecule has 1 atom stereocenters. The Morgan fingerprint density at radius 1 is 1.24 bits per heavy atom. The zero-order valence-electron chi connectivity index (χ0n) is 11.7. The number of carbonyl (C=O) groups is 1. The molecule has 0 amide bonds. The molecule has 0 fully saturated rings. The van der Waals surface area contributed by atoms with Crippen molar-refractivity contribution >= 4 is 28.9 Å². The molecule has 0 saturated heterocycles. The Morgan fingerprint density at radius 2 is 2.00 bits per heavy atom. The number of para-hydroxylation sites is 2. The number of nitrogens with zero attached hydrogens (tertiary/aromatic N) is 1. The van der Waals surface area contributed by atoms with Crippen LogP contribution in [0.5, 0.6) is 0 Å². The number of halogens is 1. The number of rotatable bonds is 2. The van der Waals surface area contributed by atoms with Crippen LogP contribution in [0.1, 0.15) is 22.8 Å². The van der Waals surface area contributed by atoms with Gasteiger partial charge in [0.25, 0.3) is 0 Å². The highest BCUT2D eigenvalue weighted by molar-refractivity contribution is 6.34. The SMILES string of the molecule is CC1Cc2ccccc2N(c2c(Cl)cccc2C(=O)O)C1. The Balaban J connectivity index is 2.20. The molecule has 21 heavy (non-hydrogen) atoms. The van der Waals surface area contributed by atoms with Gasteiger partial charge in [-0.1, -0.05) is 42.8 Å². The lowest BCUT2D eigenvalue weighted by Crippen LogP contribution is -2.31. The van der Waals surface area contributed by atoms with Crippen LogP contribution in [-0.4, -0.2) is 17.6 Å². The second-order valence-electron chi connectivity index (χ2n) is 5.49. The van der Waals surface area contributed by atoms with E-state index in [0.717, 1.165) is 18.7 Å². The smallest absolute Gasteiger partial charge is 0.337 e. The fraction of sp³-hybridized carbons (Fsp3) is 0.235. The quantitative estimate of drug-likeness (QED) is 0.895. The maximum atomic E-state index is 11.5. The lowest BCUT2D eigenvalue weighted by atomic mass is 9.93. The van der Waals surface area contributed by atoms with E-state index >= 15 is 0 Å². The molecule has 1 N–H and O–H groups in total. The minimum atomic E-state index is -0.955. The normalized spacial score (nSPS) is 17.4. The zero-order chi connectivity index (χ0) is 15.0. The second-order valence-corrected chi connectivity index (χ2v) is 5.90. The van der Waals surface area contributed by atoms with Gasteiger partial charge in [0.15, 0.2) is 0 Å². The van der Waals surface area contributed by atoms with E-state index in [9.17, 15) is 9.90 Å². The monoisotopic (exact) mass is 301 g/mol. The topological polar surface area (TPSA) is 40.5 Å². The fourth-order valence-electron chi connectivity index (χ4n) is 2.97. The number of aromatic carboxylic acids is 1. The molecular formula is C17H16ClNO2. The van der Waals surface area contributed by atoms with Crippen molar-refractivity contribution in [3.63, 3.8) is 0 Å². The molecule has 1 heterocycles. The third-order valence-corrected chi connectivity index (χ3v) is 4.14. The number of hydrogen-bond donors (Lipinski definition) is 1. The first-order chi connectivity index (χ1) is 10.1. The molecule has 1 unspecified atom stereocenters. The predicted molar refractivity (Wildman–Crippen MR) is 84.7 cm³/mol.